The summed E-state index contributed by atoms with van der Waals surface area (Å²) < 4.78 is 13.2. The van der Waals surface area contributed by atoms with Crippen molar-refractivity contribution >= 4 is 17.3 Å². The third-order valence-electron chi connectivity index (χ3n) is 3.24. The Bertz CT molecular complexity index is 414. The maximum Gasteiger partial charge on any atom is 0.227 e. The molecule has 1 aromatic carbocycles. The largest absolute Gasteiger partial charge is 0.396 e. The molecule has 3 nitrogen and oxygen atoms in total. The second-order valence-electron chi connectivity index (χ2n) is 4.56. The molecule has 0 aliphatic heterocycles. The van der Waals surface area contributed by atoms with Gasteiger partial charge in [-0.3, -0.25) is 4.79 Å². The smallest absolute Gasteiger partial charge is 0.227 e. The maximum atomic E-state index is 13.2. The van der Waals surface area contributed by atoms with Crippen LogP contribution < -0.4 is 11.1 Å². The molecule has 3 N–H and O–H groups in total. The number of carbonyl (C=O) groups is 1. The lowest BCUT2D eigenvalue weighted by atomic mass is 9.88. The summed E-state index contributed by atoms with van der Waals surface area (Å²) in [5.41, 5.74) is 5.95. The van der Waals surface area contributed by atoms with Crippen LogP contribution in [0.2, 0.25) is 0 Å². The highest BCUT2D eigenvalue weighted by atomic mass is 19.1. The zero-order valence-electron chi connectivity index (χ0n) is 9.71. The lowest BCUT2D eigenvalue weighted by molar-refractivity contribution is -0.120. The molecular weight excluding hydrogens is 219 g/mol. The Morgan fingerprint density at radius 2 is 2.00 bits per heavy atom. The number of anilines is 2. The molecule has 0 atom stereocenters. The second kappa shape index (κ2) is 5.17. The first-order valence-corrected chi connectivity index (χ1v) is 6.02. The normalized spacial score (nSPS) is 16.8. The van der Waals surface area contributed by atoms with Crippen molar-refractivity contribution in [2.45, 2.75) is 32.1 Å². The van der Waals surface area contributed by atoms with Gasteiger partial charge in [-0.15, -0.1) is 0 Å². The van der Waals surface area contributed by atoms with Gasteiger partial charge in [0.1, 0.15) is 5.82 Å². The predicted molar refractivity (Wildman–Crippen MR) is 66.0 cm³/mol. The van der Waals surface area contributed by atoms with Crippen LogP contribution in [0.5, 0.6) is 0 Å². The van der Waals surface area contributed by atoms with Crippen LogP contribution in [-0.4, -0.2) is 5.91 Å². The first-order chi connectivity index (χ1) is 8.16. The van der Waals surface area contributed by atoms with Crippen LogP contribution in [0.15, 0.2) is 18.2 Å². The van der Waals surface area contributed by atoms with E-state index in [1.54, 1.807) is 6.07 Å². The molecule has 0 aromatic heterocycles. The summed E-state index contributed by atoms with van der Waals surface area (Å²) in [6.07, 6.45) is 5.29. The van der Waals surface area contributed by atoms with Gasteiger partial charge in [-0.05, 0) is 31.0 Å². The van der Waals surface area contributed by atoms with Crippen LogP contribution >= 0.6 is 0 Å². The fourth-order valence-electron chi connectivity index (χ4n) is 2.21. The van der Waals surface area contributed by atoms with Gasteiger partial charge < -0.3 is 11.1 Å². The van der Waals surface area contributed by atoms with Crippen molar-refractivity contribution in [2.75, 3.05) is 11.1 Å². The fraction of sp³-hybridized carbons (Fsp3) is 0.462. The molecule has 1 saturated carbocycles. The molecule has 1 amide bonds. The van der Waals surface area contributed by atoms with Gasteiger partial charge in [0, 0.05) is 11.6 Å². The average molecular weight is 236 g/mol. The van der Waals surface area contributed by atoms with E-state index in [2.05, 4.69) is 5.32 Å². The van der Waals surface area contributed by atoms with Crippen LogP contribution in [0, 0.1) is 11.7 Å². The van der Waals surface area contributed by atoms with E-state index in [0.717, 1.165) is 25.7 Å². The Kier molecular flexibility index (Phi) is 3.61. The molecular formula is C13H17FN2O. The Hall–Kier alpha value is -1.58. The zero-order valence-corrected chi connectivity index (χ0v) is 9.71. The lowest BCUT2D eigenvalue weighted by Gasteiger charge is -2.20. The minimum atomic E-state index is -0.494. The van der Waals surface area contributed by atoms with E-state index in [1.165, 1.54) is 18.6 Å². The molecule has 1 fully saturated rings. The number of carbonyl (C=O) groups excluding carboxylic acids is 1. The van der Waals surface area contributed by atoms with Gasteiger partial charge in [0.05, 0.1) is 5.69 Å². The molecule has 2 rings (SSSR count). The van der Waals surface area contributed by atoms with Gasteiger partial charge in [0.25, 0.3) is 0 Å². The molecule has 17 heavy (non-hydrogen) atoms. The van der Waals surface area contributed by atoms with E-state index in [0.29, 0.717) is 5.69 Å². The van der Waals surface area contributed by atoms with Gasteiger partial charge in [-0.25, -0.2) is 4.39 Å². The van der Waals surface area contributed by atoms with E-state index >= 15 is 0 Å². The number of nitrogens with one attached hydrogen (secondary N) is 1. The summed E-state index contributed by atoms with van der Waals surface area (Å²) in [5.74, 6) is -0.426. The second-order valence-corrected chi connectivity index (χ2v) is 4.56. The minimum Gasteiger partial charge on any atom is -0.396 e. The standard InChI is InChI=1S/C13H17FN2O/c14-11-8-10(6-7-12(11)15)16-13(17)9-4-2-1-3-5-9/h6-9H,1-5,15H2,(H,16,17). The van der Waals surface area contributed by atoms with Gasteiger partial charge in [0.15, 0.2) is 0 Å². The highest BCUT2D eigenvalue weighted by Crippen LogP contribution is 2.25. The monoisotopic (exact) mass is 236 g/mol. The summed E-state index contributed by atoms with van der Waals surface area (Å²) in [6.45, 7) is 0. The highest BCUT2D eigenvalue weighted by Gasteiger charge is 2.21. The van der Waals surface area contributed by atoms with E-state index in [-0.39, 0.29) is 17.5 Å². The minimum absolute atomic E-state index is 0.00567. The van der Waals surface area contributed by atoms with Crippen molar-refractivity contribution in [3.63, 3.8) is 0 Å². The van der Waals surface area contributed by atoms with Crippen molar-refractivity contribution in [3.05, 3.63) is 24.0 Å². The van der Waals surface area contributed by atoms with E-state index in [9.17, 15) is 9.18 Å². The number of nitrogens with two attached hydrogens (primary N) is 1. The molecule has 0 heterocycles. The van der Waals surface area contributed by atoms with Crippen LogP contribution in [0.4, 0.5) is 15.8 Å². The fourth-order valence-corrected chi connectivity index (χ4v) is 2.21. The number of hydrogen-bond acceptors (Lipinski definition) is 2. The van der Waals surface area contributed by atoms with E-state index in [4.69, 9.17) is 5.73 Å². The third-order valence-corrected chi connectivity index (χ3v) is 3.24. The molecule has 1 aliphatic rings. The highest BCUT2D eigenvalue weighted by molar-refractivity contribution is 5.92. The van der Waals surface area contributed by atoms with Crippen LogP contribution in [0.3, 0.4) is 0 Å². The Labute approximate surface area is 100 Å². The Balaban J connectivity index is 1.99. The van der Waals surface area contributed by atoms with Gasteiger partial charge >= 0.3 is 0 Å². The van der Waals surface area contributed by atoms with Crippen molar-refractivity contribution in [1.29, 1.82) is 0 Å². The molecule has 92 valence electrons. The summed E-state index contributed by atoms with van der Waals surface area (Å²) in [4.78, 5) is 11.9. The number of rotatable bonds is 2. The Morgan fingerprint density at radius 1 is 1.29 bits per heavy atom. The van der Waals surface area contributed by atoms with E-state index in [1.807, 2.05) is 0 Å². The number of amides is 1. The summed E-state index contributed by atoms with van der Waals surface area (Å²) in [6, 6.07) is 4.35. The predicted octanol–water partition coefficient (Wildman–Crippen LogP) is 2.93. The topological polar surface area (TPSA) is 55.1 Å². The summed E-state index contributed by atoms with van der Waals surface area (Å²) in [7, 11) is 0. The lowest BCUT2D eigenvalue weighted by Crippen LogP contribution is -2.24. The zero-order chi connectivity index (χ0) is 12.3. The molecule has 0 bridgehead atoms. The van der Waals surface area contributed by atoms with Gasteiger partial charge in [0.2, 0.25) is 5.91 Å². The first-order valence-electron chi connectivity index (χ1n) is 6.02. The summed E-state index contributed by atoms with van der Waals surface area (Å²) in [5, 5.41) is 2.75. The van der Waals surface area contributed by atoms with E-state index < -0.39 is 5.82 Å². The average Bonchev–Trinajstić information content (AvgIpc) is 2.35. The first kappa shape index (κ1) is 11.9. The van der Waals surface area contributed by atoms with Crippen molar-refractivity contribution in [2.24, 2.45) is 5.92 Å². The molecule has 4 heteroatoms. The van der Waals surface area contributed by atoms with Gasteiger partial charge in [-0.1, -0.05) is 19.3 Å². The van der Waals surface area contributed by atoms with Crippen molar-refractivity contribution in [1.82, 2.24) is 0 Å². The Morgan fingerprint density at radius 3 is 2.65 bits per heavy atom. The van der Waals surface area contributed by atoms with Crippen LogP contribution in [0.25, 0.3) is 0 Å². The van der Waals surface area contributed by atoms with Crippen molar-refractivity contribution in [3.8, 4) is 0 Å². The van der Waals surface area contributed by atoms with Crippen LogP contribution in [-0.2, 0) is 4.79 Å². The SMILES string of the molecule is Nc1ccc(NC(=O)C2CCCCC2)cc1F. The molecule has 0 spiro atoms. The maximum absolute atomic E-state index is 13.2. The van der Waals surface area contributed by atoms with Crippen LogP contribution in [0.1, 0.15) is 32.1 Å². The number of hydrogen-bond donors (Lipinski definition) is 2. The molecule has 0 unspecified atom stereocenters. The van der Waals surface area contributed by atoms with Crippen molar-refractivity contribution < 1.29 is 9.18 Å². The third kappa shape index (κ3) is 2.96. The number of halogens is 1. The molecule has 0 radical (unpaired) electrons. The number of benzene rings is 1. The number of nitrogen functional groups attached to an aromatic ring is 1. The quantitative estimate of drug-likeness (QED) is 0.776. The molecule has 1 aliphatic carbocycles. The van der Waals surface area contributed by atoms with Gasteiger partial charge in [-0.2, -0.15) is 0 Å². The molecule has 0 saturated heterocycles. The summed E-state index contributed by atoms with van der Waals surface area (Å²) >= 11 is 0. The molecule has 1 aromatic rings.